The average molecular weight is 202 g/mol. The van der Waals surface area contributed by atoms with Crippen LogP contribution in [0.1, 0.15) is 27.2 Å². The smallest absolute Gasteiger partial charge is 0.221 e. The monoisotopic (exact) mass is 202 g/mol. The number of rotatable bonds is 7. The molecule has 4 heteroatoms. The van der Waals surface area contributed by atoms with Gasteiger partial charge >= 0.3 is 0 Å². The van der Waals surface area contributed by atoms with Crippen LogP contribution >= 0.6 is 0 Å². The van der Waals surface area contributed by atoms with Crippen LogP contribution in [0.3, 0.4) is 0 Å². The van der Waals surface area contributed by atoms with E-state index in [-0.39, 0.29) is 18.6 Å². The van der Waals surface area contributed by atoms with Gasteiger partial charge in [-0.1, -0.05) is 13.8 Å². The second-order valence-electron chi connectivity index (χ2n) is 3.69. The summed E-state index contributed by atoms with van der Waals surface area (Å²) in [6.07, 6.45) is 0.469. The zero-order valence-corrected chi connectivity index (χ0v) is 9.34. The summed E-state index contributed by atoms with van der Waals surface area (Å²) in [4.78, 5) is 11.1. The number of hydrogen-bond donors (Lipinski definition) is 3. The molecule has 0 bridgehead atoms. The van der Waals surface area contributed by atoms with Crippen LogP contribution in [0.15, 0.2) is 0 Å². The van der Waals surface area contributed by atoms with E-state index in [1.807, 2.05) is 20.8 Å². The Morgan fingerprint density at radius 1 is 1.43 bits per heavy atom. The van der Waals surface area contributed by atoms with Crippen molar-refractivity contribution in [2.24, 2.45) is 5.92 Å². The number of amides is 1. The highest BCUT2D eigenvalue weighted by molar-refractivity contribution is 5.75. The first kappa shape index (κ1) is 13.4. The molecular formula is C10H22N2O2. The number of nitrogens with one attached hydrogen (secondary N) is 2. The van der Waals surface area contributed by atoms with Crippen LogP contribution in [-0.4, -0.2) is 36.8 Å². The average Bonchev–Trinajstić information content (AvgIpc) is 2.12. The Labute approximate surface area is 86.1 Å². The van der Waals surface area contributed by atoms with Crippen LogP contribution in [0.4, 0.5) is 0 Å². The van der Waals surface area contributed by atoms with Gasteiger partial charge < -0.3 is 15.7 Å². The van der Waals surface area contributed by atoms with Gasteiger partial charge in [-0.25, -0.2) is 0 Å². The number of carbonyl (C=O) groups is 1. The third-order valence-corrected chi connectivity index (χ3v) is 2.13. The lowest BCUT2D eigenvalue weighted by Crippen LogP contribution is -2.39. The Morgan fingerprint density at radius 2 is 2.07 bits per heavy atom. The van der Waals surface area contributed by atoms with Crippen molar-refractivity contribution in [3.05, 3.63) is 0 Å². The van der Waals surface area contributed by atoms with Gasteiger partial charge in [0, 0.05) is 25.6 Å². The number of aliphatic hydroxyl groups is 1. The SMILES string of the molecule is CCNC(=O)CCN[C@H](CO)C(C)C. The normalized spacial score (nSPS) is 12.9. The maximum atomic E-state index is 11.1. The summed E-state index contributed by atoms with van der Waals surface area (Å²) in [5.41, 5.74) is 0. The zero-order chi connectivity index (χ0) is 11.0. The van der Waals surface area contributed by atoms with E-state index < -0.39 is 0 Å². The Kier molecular flexibility index (Phi) is 7.42. The molecule has 0 aliphatic rings. The molecule has 0 aromatic rings. The summed E-state index contributed by atoms with van der Waals surface area (Å²) in [5.74, 6) is 0.440. The molecule has 0 saturated carbocycles. The molecule has 0 heterocycles. The van der Waals surface area contributed by atoms with Gasteiger partial charge in [-0.05, 0) is 12.8 Å². The molecule has 0 aromatic heterocycles. The van der Waals surface area contributed by atoms with Crippen LogP contribution in [0.5, 0.6) is 0 Å². The van der Waals surface area contributed by atoms with E-state index in [2.05, 4.69) is 10.6 Å². The van der Waals surface area contributed by atoms with E-state index in [0.717, 1.165) is 0 Å². The fourth-order valence-corrected chi connectivity index (χ4v) is 1.17. The summed E-state index contributed by atoms with van der Waals surface area (Å²) in [5, 5.41) is 14.9. The summed E-state index contributed by atoms with van der Waals surface area (Å²) in [6.45, 7) is 7.39. The molecule has 0 unspecified atom stereocenters. The van der Waals surface area contributed by atoms with Crippen molar-refractivity contribution in [2.75, 3.05) is 19.7 Å². The molecule has 14 heavy (non-hydrogen) atoms. The number of aliphatic hydroxyl groups excluding tert-OH is 1. The molecule has 0 fully saturated rings. The third-order valence-electron chi connectivity index (χ3n) is 2.13. The topological polar surface area (TPSA) is 61.4 Å². The van der Waals surface area contributed by atoms with Crippen molar-refractivity contribution in [1.82, 2.24) is 10.6 Å². The predicted molar refractivity (Wildman–Crippen MR) is 57.0 cm³/mol. The Hall–Kier alpha value is -0.610. The van der Waals surface area contributed by atoms with Crippen LogP contribution in [0.2, 0.25) is 0 Å². The van der Waals surface area contributed by atoms with Crippen molar-refractivity contribution in [2.45, 2.75) is 33.2 Å². The summed E-state index contributed by atoms with van der Waals surface area (Å²) >= 11 is 0. The molecule has 1 atom stereocenters. The van der Waals surface area contributed by atoms with Gasteiger partial charge in [-0.3, -0.25) is 4.79 Å². The minimum Gasteiger partial charge on any atom is -0.395 e. The Bertz CT molecular complexity index is 160. The Balaban J connectivity index is 3.56. The molecule has 4 nitrogen and oxygen atoms in total. The maximum Gasteiger partial charge on any atom is 0.221 e. The van der Waals surface area contributed by atoms with E-state index in [9.17, 15) is 4.79 Å². The second kappa shape index (κ2) is 7.76. The number of carbonyl (C=O) groups excluding carboxylic acids is 1. The minimum atomic E-state index is 0.0560. The van der Waals surface area contributed by atoms with Gasteiger partial charge in [-0.2, -0.15) is 0 Å². The van der Waals surface area contributed by atoms with Crippen LogP contribution in [-0.2, 0) is 4.79 Å². The molecule has 0 saturated heterocycles. The van der Waals surface area contributed by atoms with Crippen molar-refractivity contribution in [3.63, 3.8) is 0 Å². The van der Waals surface area contributed by atoms with Gasteiger partial charge in [0.25, 0.3) is 0 Å². The highest BCUT2D eigenvalue weighted by atomic mass is 16.3. The number of hydrogen-bond acceptors (Lipinski definition) is 3. The molecule has 0 spiro atoms. The van der Waals surface area contributed by atoms with E-state index in [1.165, 1.54) is 0 Å². The highest BCUT2D eigenvalue weighted by Crippen LogP contribution is 1.99. The van der Waals surface area contributed by atoms with Crippen molar-refractivity contribution in [1.29, 1.82) is 0 Å². The van der Waals surface area contributed by atoms with Gasteiger partial charge in [0.2, 0.25) is 5.91 Å². The quantitative estimate of drug-likeness (QED) is 0.549. The maximum absolute atomic E-state index is 11.1. The molecule has 84 valence electrons. The fraction of sp³-hybridized carbons (Fsp3) is 0.900. The lowest BCUT2D eigenvalue weighted by atomic mass is 10.1. The van der Waals surface area contributed by atoms with Crippen LogP contribution in [0, 0.1) is 5.92 Å². The van der Waals surface area contributed by atoms with E-state index in [1.54, 1.807) is 0 Å². The van der Waals surface area contributed by atoms with E-state index in [4.69, 9.17) is 5.11 Å². The molecule has 0 radical (unpaired) electrons. The second-order valence-corrected chi connectivity index (χ2v) is 3.69. The standard InChI is InChI=1S/C10H22N2O2/c1-4-11-10(14)5-6-12-9(7-13)8(2)3/h8-9,12-13H,4-7H2,1-3H3,(H,11,14)/t9-/m1/s1. The third kappa shape index (κ3) is 5.94. The van der Waals surface area contributed by atoms with Crippen molar-refractivity contribution < 1.29 is 9.90 Å². The minimum absolute atomic E-state index is 0.0560. The molecule has 0 rings (SSSR count). The highest BCUT2D eigenvalue weighted by Gasteiger charge is 2.11. The van der Waals surface area contributed by atoms with Crippen molar-refractivity contribution >= 4 is 5.91 Å². The lowest BCUT2D eigenvalue weighted by Gasteiger charge is -2.19. The predicted octanol–water partition coefficient (Wildman–Crippen LogP) is 0.119. The Morgan fingerprint density at radius 3 is 2.50 bits per heavy atom. The molecule has 3 N–H and O–H groups in total. The molecule has 0 aromatic carbocycles. The first-order valence-corrected chi connectivity index (χ1v) is 5.22. The van der Waals surface area contributed by atoms with E-state index in [0.29, 0.717) is 25.4 Å². The molecule has 1 amide bonds. The molecule has 0 aliphatic heterocycles. The molecular weight excluding hydrogens is 180 g/mol. The van der Waals surface area contributed by atoms with Gasteiger partial charge in [0.05, 0.1) is 6.61 Å². The van der Waals surface area contributed by atoms with Gasteiger partial charge in [-0.15, -0.1) is 0 Å². The first-order valence-electron chi connectivity index (χ1n) is 5.22. The van der Waals surface area contributed by atoms with Crippen molar-refractivity contribution in [3.8, 4) is 0 Å². The fourth-order valence-electron chi connectivity index (χ4n) is 1.17. The summed E-state index contributed by atoms with van der Waals surface area (Å²) in [6, 6.07) is 0.0874. The zero-order valence-electron chi connectivity index (χ0n) is 9.34. The van der Waals surface area contributed by atoms with Crippen LogP contribution < -0.4 is 10.6 Å². The van der Waals surface area contributed by atoms with E-state index >= 15 is 0 Å². The summed E-state index contributed by atoms with van der Waals surface area (Å²) < 4.78 is 0. The molecule has 0 aliphatic carbocycles. The lowest BCUT2D eigenvalue weighted by molar-refractivity contribution is -0.120. The first-order chi connectivity index (χ1) is 6.61. The summed E-state index contributed by atoms with van der Waals surface area (Å²) in [7, 11) is 0. The van der Waals surface area contributed by atoms with Gasteiger partial charge in [0.15, 0.2) is 0 Å². The van der Waals surface area contributed by atoms with Crippen LogP contribution in [0.25, 0.3) is 0 Å². The largest absolute Gasteiger partial charge is 0.395 e. The van der Waals surface area contributed by atoms with Gasteiger partial charge in [0.1, 0.15) is 0 Å².